The fourth-order valence-electron chi connectivity index (χ4n) is 8.37. The number of aliphatic hydroxyl groups is 1. The number of carbonyl (C=O) groups excluding carboxylic acids is 2. The Morgan fingerprint density at radius 2 is 1.65 bits per heavy atom. The van der Waals surface area contributed by atoms with Gasteiger partial charge in [0, 0.05) is 48.3 Å². The van der Waals surface area contributed by atoms with Gasteiger partial charge in [0.15, 0.2) is 12.2 Å². The molecule has 1 aliphatic carbocycles. The average molecular weight is 733 g/mol. The summed E-state index contributed by atoms with van der Waals surface area (Å²) in [6, 6.07) is 22.2. The molecule has 5 atom stereocenters. The normalized spacial score (nSPS) is 23.8. The van der Waals surface area contributed by atoms with Crippen LogP contribution in [0.15, 0.2) is 99.2 Å². The van der Waals surface area contributed by atoms with Crippen molar-refractivity contribution in [3.05, 3.63) is 134 Å². The highest BCUT2D eigenvalue weighted by Gasteiger charge is 2.51. The lowest BCUT2D eigenvalue weighted by Crippen LogP contribution is -2.52. The number of carbonyl (C=O) groups is 2. The van der Waals surface area contributed by atoms with E-state index in [1.165, 1.54) is 12.7 Å². The minimum Gasteiger partial charge on any atom is -0.483 e. The van der Waals surface area contributed by atoms with Crippen LogP contribution in [-0.4, -0.2) is 42.5 Å². The van der Waals surface area contributed by atoms with Crippen LogP contribution in [0.3, 0.4) is 0 Å². The van der Waals surface area contributed by atoms with E-state index in [9.17, 15) is 19.5 Å². The SMILES string of the molecule is COCCc1c(CO)c2ccc3c(c2oc1=O)C1OC(=O)CC2CC(c4ccccc4)C=CC2c2ccc(cc2)CCC(=C(C)C)C(=O)OC1C(C)(C)O3. The lowest BCUT2D eigenvalue weighted by molar-refractivity contribution is -0.188. The number of hydrogen-bond acceptors (Lipinski definition) is 9. The number of allylic oxidation sites excluding steroid dienone is 3. The number of hydrogen-bond donors (Lipinski definition) is 1. The Labute approximate surface area is 315 Å². The molecule has 8 rings (SSSR count). The smallest absolute Gasteiger partial charge is 0.339 e. The predicted octanol–water partition coefficient (Wildman–Crippen LogP) is 7.96. The first-order chi connectivity index (χ1) is 26.0. The maximum Gasteiger partial charge on any atom is 0.339 e. The molecule has 1 aromatic heterocycles. The van der Waals surface area contributed by atoms with Gasteiger partial charge in [0.25, 0.3) is 0 Å². The van der Waals surface area contributed by atoms with Gasteiger partial charge in [0.1, 0.15) is 16.9 Å². The Morgan fingerprint density at radius 3 is 2.35 bits per heavy atom. The van der Waals surface area contributed by atoms with Gasteiger partial charge in [-0.2, -0.15) is 0 Å². The lowest BCUT2D eigenvalue weighted by atomic mass is 9.72. The van der Waals surface area contributed by atoms with Gasteiger partial charge >= 0.3 is 17.6 Å². The minimum absolute atomic E-state index is 0.0312. The summed E-state index contributed by atoms with van der Waals surface area (Å²) in [7, 11) is 1.53. The van der Waals surface area contributed by atoms with Crippen LogP contribution in [0.1, 0.15) is 98.3 Å². The Hall–Kier alpha value is -4.99. The summed E-state index contributed by atoms with van der Waals surface area (Å²) in [6.07, 6.45) is 4.27. The molecule has 0 amide bonds. The summed E-state index contributed by atoms with van der Waals surface area (Å²) in [4.78, 5) is 42.2. The molecule has 0 saturated carbocycles. The fraction of sp³-hybridized carbons (Fsp3) is 0.400. The molecule has 4 aromatic rings. The molecule has 1 N–H and O–H groups in total. The van der Waals surface area contributed by atoms with Crippen LogP contribution < -0.4 is 10.4 Å². The Bertz CT molecular complexity index is 2160. The van der Waals surface area contributed by atoms with Crippen molar-refractivity contribution in [3.8, 4) is 5.75 Å². The number of ether oxygens (including phenoxy) is 4. The average Bonchev–Trinajstić information content (AvgIpc) is 3.15. The van der Waals surface area contributed by atoms with E-state index in [2.05, 4.69) is 48.6 Å². The van der Waals surface area contributed by atoms with Gasteiger partial charge < -0.3 is 28.5 Å². The quantitative estimate of drug-likeness (QED) is 0.0943. The van der Waals surface area contributed by atoms with Crippen LogP contribution in [0.5, 0.6) is 5.75 Å². The molecule has 9 heteroatoms. The van der Waals surface area contributed by atoms with E-state index in [-0.39, 0.29) is 48.3 Å². The molecule has 3 aliphatic heterocycles. The molecule has 2 bridgehead atoms. The zero-order chi connectivity index (χ0) is 38.1. The highest BCUT2D eigenvalue weighted by atomic mass is 16.6. The minimum atomic E-state index is -1.20. The summed E-state index contributed by atoms with van der Waals surface area (Å²) in [6.45, 7) is 7.16. The number of aliphatic hydroxyl groups excluding tert-OH is 1. The molecule has 4 aliphatic rings. The van der Waals surface area contributed by atoms with E-state index >= 15 is 0 Å². The molecule has 282 valence electrons. The number of aryl methyl sites for hydroxylation is 1. The van der Waals surface area contributed by atoms with Crippen molar-refractivity contribution < 1.29 is 38.1 Å². The highest BCUT2D eigenvalue weighted by Crippen LogP contribution is 2.48. The van der Waals surface area contributed by atoms with Gasteiger partial charge in [0.2, 0.25) is 0 Å². The van der Waals surface area contributed by atoms with E-state index in [1.54, 1.807) is 26.0 Å². The summed E-state index contributed by atoms with van der Waals surface area (Å²) in [5, 5.41) is 11.0. The number of fused-ring (bicyclic) bond motifs is 11. The van der Waals surface area contributed by atoms with Crippen LogP contribution in [0.4, 0.5) is 0 Å². The zero-order valence-corrected chi connectivity index (χ0v) is 31.6. The number of benzene rings is 3. The van der Waals surface area contributed by atoms with Gasteiger partial charge in [-0.05, 0) is 87.3 Å². The molecule has 3 aromatic carbocycles. The zero-order valence-electron chi connectivity index (χ0n) is 31.6. The van der Waals surface area contributed by atoms with Crippen molar-refractivity contribution in [2.24, 2.45) is 5.92 Å². The Kier molecular flexibility index (Phi) is 10.6. The van der Waals surface area contributed by atoms with Crippen molar-refractivity contribution in [1.82, 2.24) is 0 Å². The maximum atomic E-state index is 14.5. The molecule has 4 heterocycles. The number of esters is 2. The van der Waals surface area contributed by atoms with Gasteiger partial charge in [-0.3, -0.25) is 4.79 Å². The van der Waals surface area contributed by atoms with E-state index < -0.39 is 42.0 Å². The topological polar surface area (TPSA) is 122 Å². The molecule has 0 radical (unpaired) electrons. The van der Waals surface area contributed by atoms with Crippen LogP contribution in [-0.2, 0) is 43.2 Å². The second kappa shape index (κ2) is 15.4. The Balaban J connectivity index is 1.37. The van der Waals surface area contributed by atoms with Gasteiger partial charge in [-0.1, -0.05) is 72.3 Å². The summed E-state index contributed by atoms with van der Waals surface area (Å²) < 4.78 is 30.6. The van der Waals surface area contributed by atoms with Crippen LogP contribution in [0.2, 0.25) is 0 Å². The summed E-state index contributed by atoms with van der Waals surface area (Å²) >= 11 is 0. The second-order valence-electron chi connectivity index (χ2n) is 15.4. The first kappa shape index (κ1) is 37.3. The molecule has 0 saturated heterocycles. The van der Waals surface area contributed by atoms with Gasteiger partial charge in [0.05, 0.1) is 18.8 Å². The van der Waals surface area contributed by atoms with E-state index in [1.807, 2.05) is 32.0 Å². The molecule has 54 heavy (non-hydrogen) atoms. The maximum absolute atomic E-state index is 14.5. The van der Waals surface area contributed by atoms with Gasteiger partial charge in [-0.15, -0.1) is 0 Å². The molecular formula is C45H48O9. The third-order valence-electron chi connectivity index (χ3n) is 11.3. The number of methoxy groups -OCH3 is 1. The molecular weight excluding hydrogens is 684 g/mol. The standard InChI is InChI=1S/C45H48O9/c1-26(2)32-17-13-27-11-14-29(15-12-27)33-18-16-30(28-9-7-6-8-10-28)23-31(33)24-38(47)51-41-39-37(54-45(3,4)42(41)53-43(32)48)20-19-34-36(25-46)35(21-22-50-5)44(49)52-40(34)39/h6-12,14-16,18-20,30-31,33,41-42,46H,13,17,21-25H2,1-5H3. The third-order valence-corrected chi connectivity index (χ3v) is 11.3. The lowest BCUT2D eigenvalue weighted by Gasteiger charge is -2.43. The highest BCUT2D eigenvalue weighted by molar-refractivity contribution is 5.90. The fourth-order valence-corrected chi connectivity index (χ4v) is 8.37. The first-order valence-corrected chi connectivity index (χ1v) is 18.8. The first-order valence-electron chi connectivity index (χ1n) is 18.8. The monoisotopic (exact) mass is 732 g/mol. The second-order valence-corrected chi connectivity index (χ2v) is 15.4. The molecule has 0 spiro atoms. The van der Waals surface area contributed by atoms with Crippen molar-refractivity contribution in [3.63, 3.8) is 0 Å². The van der Waals surface area contributed by atoms with E-state index in [0.717, 1.165) is 23.1 Å². The van der Waals surface area contributed by atoms with Crippen LogP contribution in [0, 0.1) is 5.92 Å². The summed E-state index contributed by atoms with van der Waals surface area (Å²) in [5.41, 5.74) is 3.98. The number of rotatable bonds is 5. The van der Waals surface area contributed by atoms with Crippen molar-refractivity contribution >= 4 is 22.9 Å². The van der Waals surface area contributed by atoms with E-state index in [0.29, 0.717) is 40.7 Å². The third kappa shape index (κ3) is 7.27. The van der Waals surface area contributed by atoms with Crippen LogP contribution in [0.25, 0.3) is 11.0 Å². The predicted molar refractivity (Wildman–Crippen MR) is 204 cm³/mol. The van der Waals surface area contributed by atoms with Crippen LogP contribution >= 0.6 is 0 Å². The van der Waals surface area contributed by atoms with E-state index in [4.69, 9.17) is 23.4 Å². The summed E-state index contributed by atoms with van der Waals surface area (Å²) in [5.74, 6) is -0.706. The van der Waals surface area contributed by atoms with Gasteiger partial charge in [-0.25, -0.2) is 9.59 Å². The van der Waals surface area contributed by atoms with Crippen molar-refractivity contribution in [2.45, 2.75) is 96.1 Å². The largest absolute Gasteiger partial charge is 0.483 e. The van der Waals surface area contributed by atoms with Crippen molar-refractivity contribution in [2.75, 3.05) is 13.7 Å². The molecule has 0 fully saturated rings. The molecule has 9 nitrogen and oxygen atoms in total. The van der Waals surface area contributed by atoms with Crippen molar-refractivity contribution in [1.29, 1.82) is 0 Å². The Morgan fingerprint density at radius 1 is 0.889 bits per heavy atom. The molecule has 5 unspecified atom stereocenters.